The van der Waals surface area contributed by atoms with E-state index in [9.17, 15) is 0 Å². The fraction of sp³-hybridized carbons (Fsp3) is 0.600. The molecule has 0 aromatic heterocycles. The number of nitrogens with two attached hydrogens (primary N) is 1. The summed E-state index contributed by atoms with van der Waals surface area (Å²) < 4.78 is 0. The molecule has 0 aliphatic rings. The smallest absolute Gasteiger partial charge is 0.0453 e. The van der Waals surface area contributed by atoms with Gasteiger partial charge in [0.15, 0.2) is 0 Å². The first-order valence-electron chi connectivity index (χ1n) is 7.02. The van der Waals surface area contributed by atoms with Gasteiger partial charge in [0.1, 0.15) is 0 Å². The van der Waals surface area contributed by atoms with Gasteiger partial charge in [-0.3, -0.25) is 11.3 Å². The number of nitrogens with one attached hydrogen (secondary N) is 1. The van der Waals surface area contributed by atoms with Gasteiger partial charge in [-0.05, 0) is 36.5 Å². The van der Waals surface area contributed by atoms with Crippen molar-refractivity contribution in [2.75, 3.05) is 0 Å². The van der Waals surface area contributed by atoms with Crippen molar-refractivity contribution < 1.29 is 0 Å². The van der Waals surface area contributed by atoms with Crippen LogP contribution in [0.1, 0.15) is 45.1 Å². The second-order valence-corrected chi connectivity index (χ2v) is 5.87. The molecule has 0 heterocycles. The molecule has 0 radical (unpaired) electrons. The Kier molecular flexibility index (Phi) is 7.77. The van der Waals surface area contributed by atoms with Crippen LogP contribution >= 0.6 is 23.2 Å². The maximum absolute atomic E-state index is 6.23. The number of hydrogen-bond donors (Lipinski definition) is 2. The fourth-order valence-corrected chi connectivity index (χ4v) is 2.93. The highest BCUT2D eigenvalue weighted by atomic mass is 35.5. The summed E-state index contributed by atoms with van der Waals surface area (Å²) in [6, 6.07) is 5.92. The van der Waals surface area contributed by atoms with E-state index in [1.54, 1.807) is 6.07 Å². The molecule has 0 saturated heterocycles. The van der Waals surface area contributed by atoms with E-state index >= 15 is 0 Å². The molecule has 4 heteroatoms. The molecule has 0 saturated carbocycles. The highest BCUT2D eigenvalue weighted by molar-refractivity contribution is 6.35. The lowest BCUT2D eigenvalue weighted by atomic mass is 9.88. The topological polar surface area (TPSA) is 38.0 Å². The predicted octanol–water partition coefficient (Wildman–Crippen LogP) is 4.58. The van der Waals surface area contributed by atoms with E-state index in [0.717, 1.165) is 23.4 Å². The summed E-state index contributed by atoms with van der Waals surface area (Å²) in [6.45, 7) is 4.43. The molecule has 1 aromatic rings. The molecule has 0 aliphatic heterocycles. The fourth-order valence-electron chi connectivity index (χ4n) is 2.44. The van der Waals surface area contributed by atoms with Crippen LogP contribution in [0, 0.1) is 5.92 Å². The largest absolute Gasteiger partial charge is 0.271 e. The van der Waals surface area contributed by atoms with Crippen LogP contribution in [0.5, 0.6) is 0 Å². The van der Waals surface area contributed by atoms with Crippen molar-refractivity contribution in [2.24, 2.45) is 11.8 Å². The molecular weight excluding hydrogens is 279 g/mol. The van der Waals surface area contributed by atoms with Crippen LogP contribution in [0.3, 0.4) is 0 Å². The van der Waals surface area contributed by atoms with Crippen molar-refractivity contribution >= 4 is 23.2 Å². The molecular formula is C15H24Cl2N2. The summed E-state index contributed by atoms with van der Waals surface area (Å²) in [7, 11) is 0. The van der Waals surface area contributed by atoms with Gasteiger partial charge >= 0.3 is 0 Å². The summed E-state index contributed by atoms with van der Waals surface area (Å²) in [6.07, 6.45) is 5.63. The molecule has 1 aromatic carbocycles. The summed E-state index contributed by atoms with van der Waals surface area (Å²) in [5, 5.41) is 1.39. The summed E-state index contributed by atoms with van der Waals surface area (Å²) >= 11 is 12.2. The van der Waals surface area contributed by atoms with Gasteiger partial charge in [0.2, 0.25) is 0 Å². The van der Waals surface area contributed by atoms with Crippen molar-refractivity contribution in [3.8, 4) is 0 Å². The molecule has 1 rings (SSSR count). The van der Waals surface area contributed by atoms with Crippen molar-refractivity contribution in [2.45, 2.75) is 52.0 Å². The first-order chi connectivity index (χ1) is 9.12. The SMILES string of the molecule is CCCCC(CC)C(Cc1ccc(Cl)cc1Cl)NN. The lowest BCUT2D eigenvalue weighted by Gasteiger charge is -2.26. The monoisotopic (exact) mass is 302 g/mol. The second-order valence-electron chi connectivity index (χ2n) is 5.02. The predicted molar refractivity (Wildman–Crippen MR) is 84.6 cm³/mol. The lowest BCUT2D eigenvalue weighted by Crippen LogP contribution is -2.42. The zero-order valence-electron chi connectivity index (χ0n) is 11.8. The van der Waals surface area contributed by atoms with Crippen LogP contribution in [0.25, 0.3) is 0 Å². The maximum Gasteiger partial charge on any atom is 0.0453 e. The molecule has 0 fully saturated rings. The minimum atomic E-state index is 0.259. The average molecular weight is 303 g/mol. The molecule has 0 bridgehead atoms. The van der Waals surface area contributed by atoms with Crippen LogP contribution in [-0.4, -0.2) is 6.04 Å². The lowest BCUT2D eigenvalue weighted by molar-refractivity contribution is 0.318. The number of rotatable bonds is 8. The minimum Gasteiger partial charge on any atom is -0.271 e. The number of hydrogen-bond acceptors (Lipinski definition) is 2. The highest BCUT2D eigenvalue weighted by Crippen LogP contribution is 2.25. The van der Waals surface area contributed by atoms with Crippen molar-refractivity contribution in [3.05, 3.63) is 33.8 Å². The maximum atomic E-state index is 6.23. The Morgan fingerprint density at radius 1 is 1.26 bits per heavy atom. The van der Waals surface area contributed by atoms with Crippen LogP contribution in [0.15, 0.2) is 18.2 Å². The zero-order chi connectivity index (χ0) is 14.3. The summed E-state index contributed by atoms with van der Waals surface area (Å²) in [5.74, 6) is 6.31. The van der Waals surface area contributed by atoms with Gasteiger partial charge in [0.25, 0.3) is 0 Å². The zero-order valence-corrected chi connectivity index (χ0v) is 13.3. The molecule has 2 unspecified atom stereocenters. The number of unbranched alkanes of at least 4 members (excludes halogenated alkanes) is 1. The Morgan fingerprint density at radius 3 is 2.53 bits per heavy atom. The first-order valence-corrected chi connectivity index (χ1v) is 7.78. The average Bonchev–Trinajstić information content (AvgIpc) is 2.40. The Hall–Kier alpha value is -0.280. The third kappa shape index (κ3) is 5.31. The van der Waals surface area contributed by atoms with Crippen LogP contribution in [-0.2, 0) is 6.42 Å². The van der Waals surface area contributed by atoms with Crippen LogP contribution < -0.4 is 11.3 Å². The molecule has 2 nitrogen and oxygen atoms in total. The molecule has 19 heavy (non-hydrogen) atoms. The van der Waals surface area contributed by atoms with E-state index in [1.807, 2.05) is 12.1 Å². The van der Waals surface area contributed by atoms with Crippen molar-refractivity contribution in [3.63, 3.8) is 0 Å². The Balaban J connectivity index is 2.73. The first kappa shape index (κ1) is 16.8. The summed E-state index contributed by atoms with van der Waals surface area (Å²) in [5.41, 5.74) is 4.06. The Morgan fingerprint density at radius 2 is 2.00 bits per heavy atom. The minimum absolute atomic E-state index is 0.259. The number of halogens is 2. The molecule has 2 atom stereocenters. The van der Waals surface area contributed by atoms with E-state index in [0.29, 0.717) is 10.9 Å². The van der Waals surface area contributed by atoms with Gasteiger partial charge in [-0.15, -0.1) is 0 Å². The van der Waals surface area contributed by atoms with Crippen LogP contribution in [0.2, 0.25) is 10.0 Å². The van der Waals surface area contributed by atoms with Gasteiger partial charge in [0.05, 0.1) is 0 Å². The second kappa shape index (κ2) is 8.80. The normalized spacial score (nSPS) is 14.4. The molecule has 0 amide bonds. The molecule has 108 valence electrons. The van der Waals surface area contributed by atoms with E-state index in [-0.39, 0.29) is 6.04 Å². The number of benzene rings is 1. The Bertz CT molecular complexity index is 382. The van der Waals surface area contributed by atoms with Gasteiger partial charge in [-0.25, -0.2) is 0 Å². The van der Waals surface area contributed by atoms with E-state index in [4.69, 9.17) is 29.0 Å². The van der Waals surface area contributed by atoms with E-state index in [2.05, 4.69) is 19.3 Å². The molecule has 3 N–H and O–H groups in total. The third-order valence-corrected chi connectivity index (χ3v) is 4.28. The Labute approximate surface area is 126 Å². The number of hydrazine groups is 1. The molecule has 0 spiro atoms. The highest BCUT2D eigenvalue weighted by Gasteiger charge is 2.19. The van der Waals surface area contributed by atoms with Crippen LogP contribution in [0.4, 0.5) is 0 Å². The van der Waals surface area contributed by atoms with Gasteiger partial charge in [-0.1, -0.05) is 62.4 Å². The van der Waals surface area contributed by atoms with Crippen molar-refractivity contribution in [1.29, 1.82) is 0 Å². The third-order valence-electron chi connectivity index (χ3n) is 3.69. The van der Waals surface area contributed by atoms with Gasteiger partial charge < -0.3 is 0 Å². The van der Waals surface area contributed by atoms with Gasteiger partial charge in [-0.2, -0.15) is 0 Å². The molecule has 0 aliphatic carbocycles. The standard InChI is InChI=1S/C15H24Cl2N2/c1-3-5-6-11(4-2)15(19-18)9-12-7-8-13(16)10-14(12)17/h7-8,10-11,15,19H,3-6,9,18H2,1-2H3. The summed E-state index contributed by atoms with van der Waals surface area (Å²) in [4.78, 5) is 0. The van der Waals surface area contributed by atoms with E-state index < -0.39 is 0 Å². The van der Waals surface area contributed by atoms with Crippen molar-refractivity contribution in [1.82, 2.24) is 5.43 Å². The quantitative estimate of drug-likeness (QED) is 0.545. The van der Waals surface area contributed by atoms with Gasteiger partial charge in [0, 0.05) is 16.1 Å². The van der Waals surface area contributed by atoms with E-state index in [1.165, 1.54) is 19.3 Å².